The molecule has 1 heterocycles. The van der Waals surface area contributed by atoms with Crippen molar-refractivity contribution in [1.82, 2.24) is 10.6 Å². The molecule has 1 rings (SSSR count). The summed E-state index contributed by atoms with van der Waals surface area (Å²) in [5.41, 5.74) is 0.391. The second-order valence-corrected chi connectivity index (χ2v) is 4.42. The van der Waals surface area contributed by atoms with Gasteiger partial charge in [-0.2, -0.15) is 0 Å². The molecule has 0 bridgehead atoms. The van der Waals surface area contributed by atoms with Crippen molar-refractivity contribution in [3.8, 4) is 0 Å². The summed E-state index contributed by atoms with van der Waals surface area (Å²) < 4.78 is 0.849. The maximum Gasteiger partial charge on any atom is 0.252 e. The Bertz CT molecular complexity index is 445. The van der Waals surface area contributed by atoms with Crippen LogP contribution in [0.3, 0.4) is 0 Å². The predicted octanol–water partition coefficient (Wildman–Crippen LogP) is 0.102. The minimum absolute atomic E-state index is 0.0374. The number of nitrogens with one attached hydrogen (secondary N) is 2. The average molecular weight is 266 g/mol. The summed E-state index contributed by atoms with van der Waals surface area (Å²) >= 11 is 0. The van der Waals surface area contributed by atoms with E-state index in [4.69, 9.17) is 5.21 Å². The van der Waals surface area contributed by atoms with Crippen molar-refractivity contribution >= 4 is 11.8 Å². The highest BCUT2D eigenvalue weighted by molar-refractivity contribution is 5.97. The molecule has 0 radical (unpaired) electrons. The molecule has 2 amide bonds. The molecule has 0 aromatic carbocycles. The van der Waals surface area contributed by atoms with E-state index < -0.39 is 6.04 Å². The number of hydrogen-bond donors (Lipinski definition) is 3. The molecule has 0 saturated carbocycles. The van der Waals surface area contributed by atoms with E-state index in [0.29, 0.717) is 5.56 Å². The highest BCUT2D eigenvalue weighted by atomic mass is 16.5. The van der Waals surface area contributed by atoms with E-state index in [1.165, 1.54) is 24.5 Å². The molecular formula is C13H20N3O3+. The number of amides is 2. The van der Waals surface area contributed by atoms with Crippen molar-refractivity contribution < 1.29 is 19.5 Å². The van der Waals surface area contributed by atoms with Gasteiger partial charge in [0.1, 0.15) is 6.04 Å². The van der Waals surface area contributed by atoms with Crippen LogP contribution < -0.4 is 15.4 Å². The fourth-order valence-corrected chi connectivity index (χ4v) is 1.65. The fourth-order valence-electron chi connectivity index (χ4n) is 1.65. The van der Waals surface area contributed by atoms with Crippen molar-refractivity contribution in [3.63, 3.8) is 0 Å². The number of hydrogen-bond acceptors (Lipinski definition) is 3. The van der Waals surface area contributed by atoms with Gasteiger partial charge in [-0.05, 0) is 5.92 Å². The third-order valence-corrected chi connectivity index (χ3v) is 3.10. The number of nitrogens with zero attached hydrogens (tertiary/aromatic N) is 1. The number of likely N-dealkylation sites (N-methyl/N-ethyl adjacent to an activating group) is 1. The van der Waals surface area contributed by atoms with Gasteiger partial charge in [-0.25, -0.2) is 0 Å². The first-order chi connectivity index (χ1) is 8.99. The molecule has 1 aromatic rings. The summed E-state index contributed by atoms with van der Waals surface area (Å²) in [5, 5.41) is 14.4. The summed E-state index contributed by atoms with van der Waals surface area (Å²) in [6.45, 7) is 3.87. The zero-order valence-electron chi connectivity index (χ0n) is 11.4. The molecule has 1 aromatic heterocycles. The Hall–Kier alpha value is -2.11. The molecule has 2 unspecified atom stereocenters. The summed E-state index contributed by atoms with van der Waals surface area (Å²) in [6, 6.07) is 2.39. The molecule has 6 heteroatoms. The average Bonchev–Trinajstić information content (AvgIpc) is 2.43. The van der Waals surface area contributed by atoms with Crippen LogP contribution in [0.2, 0.25) is 0 Å². The highest BCUT2D eigenvalue weighted by Crippen LogP contribution is 2.09. The van der Waals surface area contributed by atoms with Crippen LogP contribution in [-0.2, 0) is 4.79 Å². The van der Waals surface area contributed by atoms with Gasteiger partial charge in [-0.3, -0.25) is 14.8 Å². The summed E-state index contributed by atoms with van der Waals surface area (Å²) in [5.74, 6) is -0.513. The summed E-state index contributed by atoms with van der Waals surface area (Å²) in [4.78, 5) is 23.8. The molecule has 104 valence electrons. The Morgan fingerprint density at radius 1 is 1.37 bits per heavy atom. The molecule has 3 N–H and O–H groups in total. The maximum atomic E-state index is 12.0. The monoisotopic (exact) mass is 266 g/mol. The van der Waals surface area contributed by atoms with Gasteiger partial charge >= 0.3 is 0 Å². The number of pyridine rings is 1. The number of rotatable bonds is 5. The quantitative estimate of drug-likeness (QED) is 0.522. The maximum absolute atomic E-state index is 12.0. The van der Waals surface area contributed by atoms with Crippen LogP contribution in [-0.4, -0.2) is 30.1 Å². The number of carbonyl (C=O) groups excluding carboxylic acids is 2. The normalized spacial score (nSPS) is 13.4. The van der Waals surface area contributed by atoms with Gasteiger partial charge in [-0.1, -0.05) is 20.3 Å². The minimum Gasteiger partial charge on any atom is -0.357 e. The van der Waals surface area contributed by atoms with Crippen LogP contribution in [0.4, 0.5) is 0 Å². The lowest BCUT2D eigenvalue weighted by Crippen LogP contribution is -2.49. The van der Waals surface area contributed by atoms with Crippen molar-refractivity contribution in [2.24, 2.45) is 5.92 Å². The Kier molecular flexibility index (Phi) is 5.29. The molecule has 0 aliphatic heterocycles. The predicted molar refractivity (Wildman–Crippen MR) is 68.6 cm³/mol. The van der Waals surface area contributed by atoms with Crippen LogP contribution in [0, 0.1) is 5.92 Å². The zero-order valence-corrected chi connectivity index (χ0v) is 11.4. The fraction of sp³-hybridized carbons (Fsp3) is 0.462. The van der Waals surface area contributed by atoms with Crippen LogP contribution in [0.1, 0.15) is 30.6 Å². The van der Waals surface area contributed by atoms with Gasteiger partial charge < -0.3 is 10.6 Å². The molecule has 6 nitrogen and oxygen atoms in total. The van der Waals surface area contributed by atoms with E-state index >= 15 is 0 Å². The summed E-state index contributed by atoms with van der Waals surface area (Å²) in [6.07, 6.45) is 3.49. The van der Waals surface area contributed by atoms with Crippen LogP contribution in [0.5, 0.6) is 0 Å². The third kappa shape index (κ3) is 3.94. The molecule has 0 saturated heterocycles. The van der Waals surface area contributed by atoms with E-state index in [2.05, 4.69) is 10.6 Å². The lowest BCUT2D eigenvalue weighted by atomic mass is 9.98. The highest BCUT2D eigenvalue weighted by Gasteiger charge is 2.25. The van der Waals surface area contributed by atoms with E-state index in [1.54, 1.807) is 7.05 Å². The van der Waals surface area contributed by atoms with Crippen molar-refractivity contribution in [2.45, 2.75) is 26.3 Å². The molecule has 0 aliphatic carbocycles. The third-order valence-electron chi connectivity index (χ3n) is 3.10. The van der Waals surface area contributed by atoms with Gasteiger partial charge in [0, 0.05) is 23.9 Å². The first-order valence-electron chi connectivity index (χ1n) is 6.22. The first-order valence-corrected chi connectivity index (χ1v) is 6.22. The molecule has 0 fully saturated rings. The standard InChI is InChI=1S/C13H19N3O3/c1-4-9(2)11(13(18)14-3)15-12(17)10-5-7-16(19)8-6-10/h5-9,11H,4H2,1-3H3,(H2-,14,15,17,18,19)/p+1. The largest absolute Gasteiger partial charge is 0.357 e. The Labute approximate surface area is 112 Å². The van der Waals surface area contributed by atoms with Gasteiger partial charge in [-0.15, -0.1) is 0 Å². The van der Waals surface area contributed by atoms with Gasteiger partial charge in [0.2, 0.25) is 18.3 Å². The Balaban J connectivity index is 2.81. The molecule has 19 heavy (non-hydrogen) atoms. The van der Waals surface area contributed by atoms with E-state index in [1.807, 2.05) is 13.8 Å². The van der Waals surface area contributed by atoms with Crippen LogP contribution in [0.25, 0.3) is 0 Å². The lowest BCUT2D eigenvalue weighted by Gasteiger charge is -2.22. The molecule has 0 aliphatic rings. The topological polar surface area (TPSA) is 82.3 Å². The molecular weight excluding hydrogens is 246 g/mol. The van der Waals surface area contributed by atoms with Crippen molar-refractivity contribution in [3.05, 3.63) is 30.1 Å². The van der Waals surface area contributed by atoms with Gasteiger partial charge in [0.05, 0.1) is 5.56 Å². The van der Waals surface area contributed by atoms with E-state index in [-0.39, 0.29) is 17.7 Å². The number of aromatic nitrogens is 1. The van der Waals surface area contributed by atoms with Crippen molar-refractivity contribution in [1.29, 1.82) is 0 Å². The SMILES string of the molecule is CCC(C)C(NC(=O)c1cc[n+](O)cc1)C(=O)NC. The smallest absolute Gasteiger partial charge is 0.252 e. The zero-order chi connectivity index (χ0) is 14.4. The van der Waals surface area contributed by atoms with Crippen LogP contribution >= 0.6 is 0 Å². The summed E-state index contributed by atoms with van der Waals surface area (Å²) in [7, 11) is 1.54. The molecule has 2 atom stereocenters. The van der Waals surface area contributed by atoms with Crippen LogP contribution in [0.15, 0.2) is 24.5 Å². The molecule has 0 spiro atoms. The first kappa shape index (κ1) is 14.9. The Morgan fingerprint density at radius 2 is 1.95 bits per heavy atom. The van der Waals surface area contributed by atoms with Gasteiger partial charge in [0.25, 0.3) is 5.91 Å². The van der Waals surface area contributed by atoms with E-state index in [0.717, 1.165) is 11.2 Å². The Morgan fingerprint density at radius 3 is 2.42 bits per heavy atom. The van der Waals surface area contributed by atoms with E-state index in [9.17, 15) is 9.59 Å². The minimum atomic E-state index is -0.566. The second-order valence-electron chi connectivity index (χ2n) is 4.42. The number of carbonyl (C=O) groups is 2. The van der Waals surface area contributed by atoms with Crippen molar-refractivity contribution in [2.75, 3.05) is 7.05 Å². The lowest BCUT2D eigenvalue weighted by molar-refractivity contribution is -0.904. The second kappa shape index (κ2) is 6.72. The van der Waals surface area contributed by atoms with Gasteiger partial charge in [0.15, 0.2) is 0 Å².